The molecule has 1 aromatic carbocycles. The molecule has 0 spiro atoms. The number of nitrogens with one attached hydrogen (secondary N) is 1. The van der Waals surface area contributed by atoms with Crippen LogP contribution >= 0.6 is 22.9 Å². The first-order chi connectivity index (χ1) is 9.24. The maximum absolute atomic E-state index is 5.97. The zero-order chi connectivity index (χ0) is 13.2. The lowest BCUT2D eigenvalue weighted by Crippen LogP contribution is -2.07. The van der Waals surface area contributed by atoms with E-state index in [-0.39, 0.29) is 11.3 Å². The monoisotopic (exact) mass is 289 g/mol. The molecule has 3 aromatic rings. The summed E-state index contributed by atoms with van der Waals surface area (Å²) in [6.07, 6.45) is 0. The van der Waals surface area contributed by atoms with E-state index in [1.807, 2.05) is 30.3 Å². The molecule has 1 N–H and O–H groups in total. The molecule has 0 aliphatic rings. The van der Waals surface area contributed by atoms with E-state index < -0.39 is 0 Å². The zero-order valence-electron chi connectivity index (χ0n) is 10.3. The van der Waals surface area contributed by atoms with Crippen molar-refractivity contribution in [3.05, 3.63) is 51.9 Å². The van der Waals surface area contributed by atoms with Crippen LogP contribution in [-0.2, 0) is 0 Å². The number of para-hydroxylation sites is 1. The Morgan fingerprint density at radius 1 is 1.16 bits per heavy atom. The van der Waals surface area contributed by atoms with Gasteiger partial charge in [-0.15, -0.1) is 11.3 Å². The molecule has 3 rings (SSSR count). The van der Waals surface area contributed by atoms with E-state index in [1.165, 1.54) is 4.88 Å². The largest absolute Gasteiger partial charge is 0.362 e. The van der Waals surface area contributed by atoms with Crippen LogP contribution < -0.4 is 5.32 Å². The van der Waals surface area contributed by atoms with Gasteiger partial charge in [0.2, 0.25) is 5.28 Å². The number of hydrogen-bond donors (Lipinski definition) is 1. The number of hydrogen-bond acceptors (Lipinski definition) is 4. The highest BCUT2D eigenvalue weighted by atomic mass is 35.5. The SMILES string of the molecule is CC(Nc1nc(Cl)nc2ccccc12)c1cccs1. The van der Waals surface area contributed by atoms with Gasteiger partial charge < -0.3 is 5.32 Å². The highest BCUT2D eigenvalue weighted by molar-refractivity contribution is 7.10. The number of halogens is 1. The van der Waals surface area contributed by atoms with Crippen molar-refractivity contribution in [3.8, 4) is 0 Å². The van der Waals surface area contributed by atoms with Crippen LogP contribution in [0.2, 0.25) is 5.28 Å². The summed E-state index contributed by atoms with van der Waals surface area (Å²) in [6.45, 7) is 2.11. The number of rotatable bonds is 3. The van der Waals surface area contributed by atoms with Crippen molar-refractivity contribution in [1.82, 2.24) is 9.97 Å². The molecule has 96 valence electrons. The van der Waals surface area contributed by atoms with Crippen molar-refractivity contribution in [3.63, 3.8) is 0 Å². The first-order valence-corrected chi connectivity index (χ1v) is 7.22. The van der Waals surface area contributed by atoms with E-state index in [2.05, 4.69) is 33.7 Å². The second kappa shape index (κ2) is 5.15. The van der Waals surface area contributed by atoms with Crippen LogP contribution in [0.1, 0.15) is 17.8 Å². The van der Waals surface area contributed by atoms with Crippen LogP contribution in [0.5, 0.6) is 0 Å². The van der Waals surface area contributed by atoms with Gasteiger partial charge >= 0.3 is 0 Å². The van der Waals surface area contributed by atoms with Crippen LogP contribution in [0.4, 0.5) is 5.82 Å². The van der Waals surface area contributed by atoms with Gasteiger partial charge in [0.15, 0.2) is 0 Å². The quantitative estimate of drug-likeness (QED) is 0.721. The minimum absolute atomic E-state index is 0.189. The first-order valence-electron chi connectivity index (χ1n) is 5.96. The average Bonchev–Trinajstić information content (AvgIpc) is 2.92. The van der Waals surface area contributed by atoms with Gasteiger partial charge in [-0.25, -0.2) is 9.97 Å². The molecule has 0 amide bonds. The maximum atomic E-state index is 5.97. The fraction of sp³-hybridized carbons (Fsp3) is 0.143. The van der Waals surface area contributed by atoms with Crippen LogP contribution in [-0.4, -0.2) is 9.97 Å². The van der Waals surface area contributed by atoms with Gasteiger partial charge in [0.1, 0.15) is 5.82 Å². The molecule has 19 heavy (non-hydrogen) atoms. The molecule has 5 heteroatoms. The van der Waals surface area contributed by atoms with Gasteiger partial charge in [0, 0.05) is 10.3 Å². The van der Waals surface area contributed by atoms with Crippen molar-refractivity contribution in [1.29, 1.82) is 0 Å². The van der Waals surface area contributed by atoms with Crippen LogP contribution in [0.25, 0.3) is 10.9 Å². The number of thiophene rings is 1. The van der Waals surface area contributed by atoms with Crippen molar-refractivity contribution in [2.45, 2.75) is 13.0 Å². The topological polar surface area (TPSA) is 37.8 Å². The van der Waals surface area contributed by atoms with Crippen molar-refractivity contribution >= 4 is 39.7 Å². The van der Waals surface area contributed by atoms with Crippen molar-refractivity contribution in [2.75, 3.05) is 5.32 Å². The number of aromatic nitrogens is 2. The fourth-order valence-corrected chi connectivity index (χ4v) is 2.88. The first kappa shape index (κ1) is 12.4. The Morgan fingerprint density at radius 3 is 2.79 bits per heavy atom. The summed E-state index contributed by atoms with van der Waals surface area (Å²) in [5.41, 5.74) is 0.850. The Morgan fingerprint density at radius 2 is 2.00 bits per heavy atom. The molecule has 0 bridgehead atoms. The summed E-state index contributed by atoms with van der Waals surface area (Å²) < 4.78 is 0. The Bertz CT molecular complexity index is 697. The number of benzene rings is 1. The summed E-state index contributed by atoms with van der Waals surface area (Å²) >= 11 is 7.69. The minimum atomic E-state index is 0.189. The molecular formula is C14H12ClN3S. The molecule has 3 nitrogen and oxygen atoms in total. The summed E-state index contributed by atoms with van der Waals surface area (Å²) in [5.74, 6) is 0.775. The van der Waals surface area contributed by atoms with E-state index in [9.17, 15) is 0 Å². The van der Waals surface area contributed by atoms with E-state index >= 15 is 0 Å². The molecule has 0 saturated heterocycles. The molecule has 0 radical (unpaired) electrons. The van der Waals surface area contributed by atoms with Gasteiger partial charge in [-0.1, -0.05) is 18.2 Å². The second-order valence-electron chi connectivity index (χ2n) is 4.24. The third-order valence-corrected chi connectivity index (χ3v) is 4.12. The summed E-state index contributed by atoms with van der Waals surface area (Å²) in [4.78, 5) is 9.79. The van der Waals surface area contributed by atoms with E-state index in [0.29, 0.717) is 0 Å². The molecule has 0 fully saturated rings. The van der Waals surface area contributed by atoms with Crippen LogP contribution in [0, 0.1) is 0 Å². The smallest absolute Gasteiger partial charge is 0.224 e. The lowest BCUT2D eigenvalue weighted by Gasteiger charge is -2.14. The van der Waals surface area contributed by atoms with E-state index in [0.717, 1.165) is 16.7 Å². The molecule has 1 unspecified atom stereocenters. The molecule has 0 saturated carbocycles. The number of fused-ring (bicyclic) bond motifs is 1. The Labute approximate surface area is 120 Å². The molecule has 0 aliphatic heterocycles. The summed E-state index contributed by atoms with van der Waals surface area (Å²) in [7, 11) is 0. The third-order valence-electron chi connectivity index (χ3n) is 2.90. The van der Waals surface area contributed by atoms with Gasteiger partial charge in [-0.05, 0) is 42.1 Å². The molecule has 0 aliphatic carbocycles. The molecular weight excluding hydrogens is 278 g/mol. The maximum Gasteiger partial charge on any atom is 0.224 e. The normalized spacial score (nSPS) is 12.5. The van der Waals surface area contributed by atoms with Gasteiger partial charge in [-0.3, -0.25) is 0 Å². The fourth-order valence-electron chi connectivity index (χ4n) is 1.97. The standard InChI is InChI=1S/C14H12ClN3S/c1-9(12-7-4-8-19-12)16-13-10-5-2-3-6-11(10)17-14(15)18-13/h2-9H,1H3,(H,16,17,18). The highest BCUT2D eigenvalue weighted by Crippen LogP contribution is 2.27. The third kappa shape index (κ3) is 2.55. The second-order valence-corrected chi connectivity index (χ2v) is 5.56. The Kier molecular flexibility index (Phi) is 3.36. The minimum Gasteiger partial charge on any atom is -0.362 e. The van der Waals surface area contributed by atoms with Crippen LogP contribution in [0.15, 0.2) is 41.8 Å². The zero-order valence-corrected chi connectivity index (χ0v) is 11.9. The predicted molar refractivity (Wildman–Crippen MR) is 80.9 cm³/mol. The predicted octanol–water partition coefficient (Wildman–Crippen LogP) is 4.52. The Hall–Kier alpha value is -1.65. The van der Waals surface area contributed by atoms with Gasteiger partial charge in [0.05, 0.1) is 11.6 Å². The molecule has 2 aromatic heterocycles. The summed E-state index contributed by atoms with van der Waals surface area (Å²) in [6, 6.07) is 12.2. The lowest BCUT2D eigenvalue weighted by atomic mass is 10.2. The molecule has 1 atom stereocenters. The summed E-state index contributed by atoms with van der Waals surface area (Å²) in [5, 5.41) is 6.72. The van der Waals surface area contributed by atoms with Crippen LogP contribution in [0.3, 0.4) is 0 Å². The number of anilines is 1. The Balaban J connectivity index is 2.00. The highest BCUT2D eigenvalue weighted by Gasteiger charge is 2.11. The molecule has 2 heterocycles. The van der Waals surface area contributed by atoms with E-state index in [1.54, 1.807) is 11.3 Å². The number of nitrogens with zero attached hydrogens (tertiary/aromatic N) is 2. The van der Waals surface area contributed by atoms with Crippen molar-refractivity contribution < 1.29 is 0 Å². The van der Waals surface area contributed by atoms with Gasteiger partial charge in [0.25, 0.3) is 0 Å². The van der Waals surface area contributed by atoms with Gasteiger partial charge in [-0.2, -0.15) is 0 Å². The van der Waals surface area contributed by atoms with Crippen molar-refractivity contribution in [2.24, 2.45) is 0 Å². The van der Waals surface area contributed by atoms with E-state index in [4.69, 9.17) is 11.6 Å². The average molecular weight is 290 g/mol. The lowest BCUT2D eigenvalue weighted by molar-refractivity contribution is 0.898.